The Balaban J connectivity index is 1.82. The van der Waals surface area contributed by atoms with Gasteiger partial charge in [0.1, 0.15) is 5.82 Å². The minimum absolute atomic E-state index is 0.182. The van der Waals surface area contributed by atoms with Gasteiger partial charge in [-0.25, -0.2) is 4.39 Å². The molecule has 0 spiro atoms. The summed E-state index contributed by atoms with van der Waals surface area (Å²) in [6, 6.07) is 7.16. The lowest BCUT2D eigenvalue weighted by Gasteiger charge is -2.21. The molecule has 0 aliphatic carbocycles. The standard InChI is InChI=1S/C13H17FN2S/c1-10-7-9-17-13(16-10)15-8-6-11-2-4-12(14)5-3-11/h2-5,10H,6-9H2,1H3,(H,15,16). The Hall–Kier alpha value is -1.03. The quantitative estimate of drug-likeness (QED) is 0.894. The monoisotopic (exact) mass is 252 g/mol. The molecule has 1 N–H and O–H groups in total. The van der Waals surface area contributed by atoms with Crippen LogP contribution in [0.4, 0.5) is 4.39 Å². The molecule has 1 atom stereocenters. The van der Waals surface area contributed by atoms with E-state index in [4.69, 9.17) is 0 Å². The van der Waals surface area contributed by atoms with Gasteiger partial charge in [-0.3, -0.25) is 4.99 Å². The summed E-state index contributed by atoms with van der Waals surface area (Å²) >= 11 is 1.78. The van der Waals surface area contributed by atoms with E-state index in [1.165, 1.54) is 18.6 Å². The second kappa shape index (κ2) is 6.05. The maximum Gasteiger partial charge on any atom is 0.156 e. The lowest BCUT2D eigenvalue weighted by atomic mass is 10.1. The second-order valence-electron chi connectivity index (χ2n) is 4.25. The van der Waals surface area contributed by atoms with Crippen molar-refractivity contribution >= 4 is 16.9 Å². The first-order chi connectivity index (χ1) is 8.24. The van der Waals surface area contributed by atoms with E-state index in [-0.39, 0.29) is 5.82 Å². The highest BCUT2D eigenvalue weighted by Gasteiger charge is 2.12. The van der Waals surface area contributed by atoms with Crippen molar-refractivity contribution in [3.63, 3.8) is 0 Å². The number of nitrogens with one attached hydrogen (secondary N) is 1. The van der Waals surface area contributed by atoms with E-state index in [1.807, 2.05) is 12.1 Å². The molecule has 2 nitrogen and oxygen atoms in total. The first kappa shape index (κ1) is 12.4. The van der Waals surface area contributed by atoms with Crippen LogP contribution in [0.2, 0.25) is 0 Å². The van der Waals surface area contributed by atoms with Crippen molar-refractivity contribution in [2.45, 2.75) is 25.8 Å². The maximum atomic E-state index is 12.7. The second-order valence-corrected chi connectivity index (χ2v) is 5.33. The SMILES string of the molecule is CC1CCSC(=NCCc2ccc(F)cc2)N1. The van der Waals surface area contributed by atoms with Crippen LogP contribution in [0, 0.1) is 5.82 Å². The third kappa shape index (κ3) is 4.04. The number of thioether (sulfide) groups is 1. The van der Waals surface area contributed by atoms with Crippen LogP contribution < -0.4 is 5.32 Å². The molecule has 1 aromatic rings. The van der Waals surface area contributed by atoms with Gasteiger partial charge in [-0.1, -0.05) is 23.9 Å². The molecule has 1 aromatic carbocycles. The zero-order valence-electron chi connectivity index (χ0n) is 9.95. The van der Waals surface area contributed by atoms with Crippen molar-refractivity contribution in [2.24, 2.45) is 4.99 Å². The number of hydrogen-bond donors (Lipinski definition) is 1. The van der Waals surface area contributed by atoms with Crippen LogP contribution in [0.15, 0.2) is 29.3 Å². The summed E-state index contributed by atoms with van der Waals surface area (Å²) in [7, 11) is 0. The number of benzene rings is 1. The highest BCUT2D eigenvalue weighted by atomic mass is 32.2. The van der Waals surface area contributed by atoms with Crippen molar-refractivity contribution in [3.8, 4) is 0 Å². The highest BCUT2D eigenvalue weighted by molar-refractivity contribution is 8.13. The average molecular weight is 252 g/mol. The molecule has 1 fully saturated rings. The van der Waals surface area contributed by atoms with Gasteiger partial charge in [-0.15, -0.1) is 0 Å². The molecular formula is C13H17FN2S. The first-order valence-electron chi connectivity index (χ1n) is 5.92. The van der Waals surface area contributed by atoms with Gasteiger partial charge in [0.15, 0.2) is 5.17 Å². The van der Waals surface area contributed by atoms with E-state index in [0.29, 0.717) is 6.04 Å². The molecular weight excluding hydrogens is 235 g/mol. The van der Waals surface area contributed by atoms with Crippen LogP contribution >= 0.6 is 11.8 Å². The predicted octanol–water partition coefficient (Wildman–Crippen LogP) is 2.84. The third-order valence-electron chi connectivity index (χ3n) is 2.73. The fourth-order valence-corrected chi connectivity index (χ4v) is 2.82. The molecule has 0 saturated carbocycles. The van der Waals surface area contributed by atoms with Crippen molar-refractivity contribution < 1.29 is 4.39 Å². The van der Waals surface area contributed by atoms with E-state index in [2.05, 4.69) is 17.2 Å². The van der Waals surface area contributed by atoms with Gasteiger partial charge < -0.3 is 5.32 Å². The van der Waals surface area contributed by atoms with E-state index >= 15 is 0 Å². The summed E-state index contributed by atoms with van der Waals surface area (Å²) < 4.78 is 12.7. The van der Waals surface area contributed by atoms with E-state index in [1.54, 1.807) is 11.8 Å². The first-order valence-corrected chi connectivity index (χ1v) is 6.91. The normalized spacial score (nSPS) is 22.5. The van der Waals surface area contributed by atoms with Crippen molar-refractivity contribution in [2.75, 3.05) is 12.3 Å². The molecule has 92 valence electrons. The summed E-state index contributed by atoms with van der Waals surface area (Å²) in [4.78, 5) is 4.53. The van der Waals surface area contributed by atoms with Crippen LogP contribution in [0.3, 0.4) is 0 Å². The Morgan fingerprint density at radius 2 is 2.18 bits per heavy atom. The van der Waals surface area contributed by atoms with Gasteiger partial charge in [0.25, 0.3) is 0 Å². The molecule has 17 heavy (non-hydrogen) atoms. The molecule has 0 radical (unpaired) electrons. The lowest BCUT2D eigenvalue weighted by molar-refractivity contribution is 0.627. The Morgan fingerprint density at radius 1 is 1.41 bits per heavy atom. The van der Waals surface area contributed by atoms with E-state index in [9.17, 15) is 4.39 Å². The number of rotatable bonds is 3. The Kier molecular flexibility index (Phi) is 4.42. The minimum atomic E-state index is -0.182. The topological polar surface area (TPSA) is 24.4 Å². The van der Waals surface area contributed by atoms with Crippen LogP contribution in [0.25, 0.3) is 0 Å². The fraction of sp³-hybridized carbons (Fsp3) is 0.462. The van der Waals surface area contributed by atoms with Crippen LogP contribution in [0.5, 0.6) is 0 Å². The largest absolute Gasteiger partial charge is 0.362 e. The smallest absolute Gasteiger partial charge is 0.156 e. The molecule has 1 unspecified atom stereocenters. The maximum absolute atomic E-state index is 12.7. The molecule has 1 aliphatic rings. The highest BCUT2D eigenvalue weighted by Crippen LogP contribution is 2.13. The van der Waals surface area contributed by atoms with Gasteiger partial charge in [0.05, 0.1) is 0 Å². The van der Waals surface area contributed by atoms with Crippen LogP contribution in [0.1, 0.15) is 18.9 Å². The molecule has 0 aromatic heterocycles. The summed E-state index contributed by atoms with van der Waals surface area (Å²) in [5, 5.41) is 4.41. The van der Waals surface area contributed by atoms with Crippen LogP contribution in [-0.2, 0) is 6.42 Å². The Morgan fingerprint density at radius 3 is 2.88 bits per heavy atom. The Bertz CT molecular complexity index is 389. The zero-order chi connectivity index (χ0) is 12.1. The molecule has 4 heteroatoms. The van der Waals surface area contributed by atoms with Gasteiger partial charge in [0.2, 0.25) is 0 Å². The van der Waals surface area contributed by atoms with Gasteiger partial charge in [-0.05, 0) is 37.5 Å². The number of hydrogen-bond acceptors (Lipinski definition) is 2. The Labute approximate surface area is 106 Å². The van der Waals surface area contributed by atoms with Gasteiger partial charge in [0, 0.05) is 18.3 Å². The third-order valence-corrected chi connectivity index (χ3v) is 3.69. The van der Waals surface area contributed by atoms with E-state index in [0.717, 1.165) is 29.4 Å². The fourth-order valence-electron chi connectivity index (χ4n) is 1.69. The minimum Gasteiger partial charge on any atom is -0.362 e. The molecule has 0 amide bonds. The number of amidine groups is 1. The average Bonchev–Trinajstić information content (AvgIpc) is 2.32. The summed E-state index contributed by atoms with van der Waals surface area (Å²) in [6.45, 7) is 2.93. The summed E-state index contributed by atoms with van der Waals surface area (Å²) in [5.74, 6) is 0.960. The van der Waals surface area contributed by atoms with Gasteiger partial charge >= 0.3 is 0 Å². The number of nitrogens with zero attached hydrogens (tertiary/aromatic N) is 1. The number of halogens is 1. The predicted molar refractivity (Wildman–Crippen MR) is 72.1 cm³/mol. The number of aliphatic imine (C=N–C) groups is 1. The zero-order valence-corrected chi connectivity index (χ0v) is 10.8. The van der Waals surface area contributed by atoms with E-state index < -0.39 is 0 Å². The van der Waals surface area contributed by atoms with Gasteiger partial charge in [-0.2, -0.15) is 0 Å². The van der Waals surface area contributed by atoms with Crippen molar-refractivity contribution in [1.82, 2.24) is 5.32 Å². The summed E-state index contributed by atoms with van der Waals surface area (Å²) in [6.07, 6.45) is 2.06. The van der Waals surface area contributed by atoms with Crippen molar-refractivity contribution in [1.29, 1.82) is 0 Å². The summed E-state index contributed by atoms with van der Waals surface area (Å²) in [5.41, 5.74) is 1.13. The molecule has 2 rings (SSSR count). The molecule has 1 heterocycles. The van der Waals surface area contributed by atoms with Crippen molar-refractivity contribution in [3.05, 3.63) is 35.6 Å². The molecule has 1 aliphatic heterocycles. The van der Waals surface area contributed by atoms with Crippen LogP contribution in [-0.4, -0.2) is 23.5 Å². The molecule has 1 saturated heterocycles. The lowest BCUT2D eigenvalue weighted by Crippen LogP contribution is -2.35. The molecule has 0 bridgehead atoms.